The lowest BCUT2D eigenvalue weighted by atomic mass is 10.1. The van der Waals surface area contributed by atoms with Gasteiger partial charge in [0.15, 0.2) is 0 Å². The molecule has 1 N–H and O–H groups in total. The molecule has 1 aromatic heterocycles. The number of nitrogens with zero attached hydrogens (tertiary/aromatic N) is 2. The molecule has 3 aromatic rings. The van der Waals surface area contributed by atoms with Crippen LogP contribution >= 0.6 is 11.6 Å². The standard InChI is InChI=1S/C18H14ClFN2O2/c19-14-7-3-1-5-12(14)17(23)11-22-18(24)10-9-16(21-22)13-6-2-4-8-15(13)20/h1-10,17,23H,11H2. The van der Waals surface area contributed by atoms with Crippen molar-refractivity contribution in [1.29, 1.82) is 0 Å². The van der Waals surface area contributed by atoms with Crippen molar-refractivity contribution in [2.75, 3.05) is 0 Å². The number of aromatic nitrogens is 2. The highest BCUT2D eigenvalue weighted by Gasteiger charge is 2.14. The van der Waals surface area contributed by atoms with Gasteiger partial charge in [0.25, 0.3) is 5.56 Å². The van der Waals surface area contributed by atoms with E-state index < -0.39 is 11.9 Å². The average molecular weight is 345 g/mol. The normalized spacial score (nSPS) is 12.1. The molecule has 0 aliphatic carbocycles. The Labute approximate surface area is 142 Å². The first kappa shape index (κ1) is 16.4. The SMILES string of the molecule is O=c1ccc(-c2ccccc2F)nn1CC(O)c1ccccc1Cl. The fourth-order valence-corrected chi connectivity index (χ4v) is 2.66. The van der Waals surface area contributed by atoms with Gasteiger partial charge in [-0.3, -0.25) is 4.79 Å². The molecule has 0 bridgehead atoms. The van der Waals surface area contributed by atoms with Crippen molar-refractivity contribution in [1.82, 2.24) is 9.78 Å². The number of hydrogen-bond acceptors (Lipinski definition) is 3. The van der Waals surface area contributed by atoms with Crippen LogP contribution in [0.2, 0.25) is 5.02 Å². The number of aliphatic hydroxyl groups excluding tert-OH is 1. The van der Waals surface area contributed by atoms with Crippen molar-refractivity contribution in [2.45, 2.75) is 12.6 Å². The quantitative estimate of drug-likeness (QED) is 0.788. The molecule has 0 spiro atoms. The van der Waals surface area contributed by atoms with Gasteiger partial charge >= 0.3 is 0 Å². The first-order valence-corrected chi connectivity index (χ1v) is 7.69. The molecule has 0 aliphatic heterocycles. The highest BCUT2D eigenvalue weighted by Crippen LogP contribution is 2.24. The number of hydrogen-bond donors (Lipinski definition) is 1. The molecule has 122 valence electrons. The molecule has 2 aromatic carbocycles. The molecule has 0 fully saturated rings. The van der Waals surface area contributed by atoms with Gasteiger partial charge in [-0.2, -0.15) is 5.10 Å². The van der Waals surface area contributed by atoms with Crippen LogP contribution in [0.4, 0.5) is 4.39 Å². The molecule has 0 aliphatic rings. The van der Waals surface area contributed by atoms with Crippen molar-refractivity contribution >= 4 is 11.6 Å². The molecule has 24 heavy (non-hydrogen) atoms. The lowest BCUT2D eigenvalue weighted by Crippen LogP contribution is -2.25. The fraction of sp³-hybridized carbons (Fsp3) is 0.111. The van der Waals surface area contributed by atoms with E-state index in [-0.39, 0.29) is 12.1 Å². The van der Waals surface area contributed by atoms with Gasteiger partial charge in [-0.15, -0.1) is 0 Å². The minimum absolute atomic E-state index is 0.0785. The Morgan fingerprint density at radius 1 is 1.08 bits per heavy atom. The van der Waals surface area contributed by atoms with E-state index in [1.165, 1.54) is 18.2 Å². The Kier molecular flexibility index (Phi) is 4.74. The van der Waals surface area contributed by atoms with Gasteiger partial charge in [-0.1, -0.05) is 41.9 Å². The summed E-state index contributed by atoms with van der Waals surface area (Å²) in [5, 5.41) is 14.9. The lowest BCUT2D eigenvalue weighted by Gasteiger charge is -2.14. The second kappa shape index (κ2) is 6.95. The zero-order valence-corrected chi connectivity index (χ0v) is 13.3. The third-order valence-electron chi connectivity index (χ3n) is 3.63. The maximum absolute atomic E-state index is 13.9. The lowest BCUT2D eigenvalue weighted by molar-refractivity contribution is 0.149. The van der Waals surface area contributed by atoms with Crippen LogP contribution in [0.25, 0.3) is 11.3 Å². The van der Waals surface area contributed by atoms with Gasteiger partial charge in [-0.25, -0.2) is 9.07 Å². The summed E-state index contributed by atoms with van der Waals surface area (Å²) >= 11 is 6.06. The zero-order chi connectivity index (χ0) is 17.1. The maximum atomic E-state index is 13.9. The molecule has 0 radical (unpaired) electrons. The van der Waals surface area contributed by atoms with Crippen LogP contribution in [-0.4, -0.2) is 14.9 Å². The van der Waals surface area contributed by atoms with E-state index in [0.717, 1.165) is 4.68 Å². The van der Waals surface area contributed by atoms with E-state index in [2.05, 4.69) is 5.10 Å². The zero-order valence-electron chi connectivity index (χ0n) is 12.6. The predicted molar refractivity (Wildman–Crippen MR) is 90.3 cm³/mol. The largest absolute Gasteiger partial charge is 0.386 e. The maximum Gasteiger partial charge on any atom is 0.266 e. The van der Waals surface area contributed by atoms with Gasteiger partial charge in [-0.05, 0) is 24.3 Å². The topological polar surface area (TPSA) is 55.1 Å². The van der Waals surface area contributed by atoms with E-state index in [4.69, 9.17) is 11.6 Å². The third-order valence-corrected chi connectivity index (χ3v) is 3.97. The second-order valence-corrected chi connectivity index (χ2v) is 5.66. The fourth-order valence-electron chi connectivity index (χ4n) is 2.40. The molecule has 4 nitrogen and oxygen atoms in total. The van der Waals surface area contributed by atoms with Crippen molar-refractivity contribution in [3.8, 4) is 11.3 Å². The molecule has 1 atom stereocenters. The molecule has 1 unspecified atom stereocenters. The highest BCUT2D eigenvalue weighted by atomic mass is 35.5. The Morgan fingerprint density at radius 3 is 2.54 bits per heavy atom. The molecule has 0 saturated carbocycles. The predicted octanol–water partition coefficient (Wildman–Crippen LogP) is 3.44. The van der Waals surface area contributed by atoms with E-state index in [1.807, 2.05) is 0 Å². The van der Waals surface area contributed by atoms with Gasteiger partial charge in [0.05, 0.1) is 12.2 Å². The van der Waals surface area contributed by atoms with Crippen LogP contribution in [0.1, 0.15) is 11.7 Å². The number of aliphatic hydroxyl groups is 1. The minimum Gasteiger partial charge on any atom is -0.386 e. The first-order chi connectivity index (χ1) is 11.6. The average Bonchev–Trinajstić information content (AvgIpc) is 2.58. The van der Waals surface area contributed by atoms with Crippen LogP contribution in [0.3, 0.4) is 0 Å². The summed E-state index contributed by atoms with van der Waals surface area (Å²) in [4.78, 5) is 12.0. The summed E-state index contributed by atoms with van der Waals surface area (Å²) in [5.74, 6) is -0.429. The molecule has 6 heteroatoms. The second-order valence-electron chi connectivity index (χ2n) is 5.26. The Balaban J connectivity index is 1.94. The Morgan fingerprint density at radius 2 is 1.79 bits per heavy atom. The minimum atomic E-state index is -1.00. The number of rotatable bonds is 4. The van der Waals surface area contributed by atoms with Crippen molar-refractivity contribution < 1.29 is 9.50 Å². The van der Waals surface area contributed by atoms with Crippen molar-refractivity contribution in [2.24, 2.45) is 0 Å². The monoisotopic (exact) mass is 344 g/mol. The molecule has 3 rings (SSSR count). The highest BCUT2D eigenvalue weighted by molar-refractivity contribution is 6.31. The van der Waals surface area contributed by atoms with E-state index in [0.29, 0.717) is 21.8 Å². The summed E-state index contributed by atoms with van der Waals surface area (Å²) in [6.07, 6.45) is -1.00. The van der Waals surface area contributed by atoms with Crippen LogP contribution in [-0.2, 0) is 6.54 Å². The van der Waals surface area contributed by atoms with E-state index >= 15 is 0 Å². The van der Waals surface area contributed by atoms with Gasteiger partial charge in [0.2, 0.25) is 0 Å². The van der Waals surface area contributed by atoms with Gasteiger partial charge in [0.1, 0.15) is 11.9 Å². The van der Waals surface area contributed by atoms with Crippen LogP contribution in [0.5, 0.6) is 0 Å². The van der Waals surface area contributed by atoms with Gasteiger partial charge in [0, 0.05) is 22.2 Å². The Bertz CT molecular complexity index is 927. The molecule has 0 saturated heterocycles. The van der Waals surface area contributed by atoms with Crippen LogP contribution in [0.15, 0.2) is 65.5 Å². The molecule has 0 amide bonds. The smallest absolute Gasteiger partial charge is 0.266 e. The summed E-state index contributed by atoms with van der Waals surface area (Å²) < 4.78 is 15.0. The third kappa shape index (κ3) is 3.37. The van der Waals surface area contributed by atoms with Crippen molar-refractivity contribution in [3.63, 3.8) is 0 Å². The van der Waals surface area contributed by atoms with E-state index in [1.54, 1.807) is 42.5 Å². The Hall–Kier alpha value is -2.50. The van der Waals surface area contributed by atoms with Crippen molar-refractivity contribution in [3.05, 3.63) is 87.4 Å². The number of halogens is 2. The summed E-state index contributed by atoms with van der Waals surface area (Å²) in [6, 6.07) is 15.8. The van der Waals surface area contributed by atoms with Crippen LogP contribution < -0.4 is 5.56 Å². The first-order valence-electron chi connectivity index (χ1n) is 7.32. The molecular formula is C18H14ClFN2O2. The van der Waals surface area contributed by atoms with Crippen LogP contribution in [0, 0.1) is 5.82 Å². The van der Waals surface area contributed by atoms with Gasteiger partial charge < -0.3 is 5.11 Å². The summed E-state index contributed by atoms with van der Waals surface area (Å²) in [6.45, 7) is -0.0785. The summed E-state index contributed by atoms with van der Waals surface area (Å²) in [5.41, 5.74) is 0.725. The number of benzene rings is 2. The van der Waals surface area contributed by atoms with E-state index in [9.17, 15) is 14.3 Å². The molecular weight excluding hydrogens is 331 g/mol. The summed E-state index contributed by atoms with van der Waals surface area (Å²) in [7, 11) is 0. The molecule has 1 heterocycles.